The van der Waals surface area contributed by atoms with Crippen molar-refractivity contribution in [3.05, 3.63) is 121 Å². The maximum Gasteiger partial charge on any atom is 0.262 e. The summed E-state index contributed by atoms with van der Waals surface area (Å²) in [6, 6.07) is 30.6. The van der Waals surface area contributed by atoms with Gasteiger partial charge in [-0.1, -0.05) is 76.2 Å². The second kappa shape index (κ2) is 16.4. The molecule has 0 radical (unpaired) electrons. The van der Waals surface area contributed by atoms with Gasteiger partial charge in [-0.15, -0.1) is 0 Å². The van der Waals surface area contributed by atoms with Crippen molar-refractivity contribution >= 4 is 23.2 Å². The molecule has 0 fully saturated rings. The van der Waals surface area contributed by atoms with Gasteiger partial charge in [0, 0.05) is 34.9 Å². The van der Waals surface area contributed by atoms with Gasteiger partial charge in [0.1, 0.15) is 11.5 Å². The number of nitrogens with one attached hydrogen (secondary N) is 2. The van der Waals surface area contributed by atoms with Crippen LogP contribution in [0.3, 0.4) is 0 Å². The van der Waals surface area contributed by atoms with Crippen LogP contribution in [0.5, 0.6) is 11.5 Å². The van der Waals surface area contributed by atoms with Crippen LogP contribution >= 0.6 is 0 Å². The van der Waals surface area contributed by atoms with Crippen LogP contribution < -0.4 is 20.1 Å². The highest BCUT2D eigenvalue weighted by Crippen LogP contribution is 2.30. The molecule has 48 heavy (non-hydrogen) atoms. The molecule has 1 aromatic heterocycles. The van der Waals surface area contributed by atoms with E-state index >= 15 is 0 Å². The van der Waals surface area contributed by atoms with Crippen LogP contribution in [0.1, 0.15) is 63.5 Å². The molecule has 246 valence electrons. The minimum atomic E-state index is -0.232. The summed E-state index contributed by atoms with van der Waals surface area (Å²) in [5.74, 6) is 2.29. The molecule has 2 atom stereocenters. The lowest BCUT2D eigenvalue weighted by Gasteiger charge is -2.15. The van der Waals surface area contributed by atoms with Crippen LogP contribution in [0, 0.1) is 0 Å². The molecule has 0 unspecified atom stereocenters. The average molecular weight is 643 g/mol. The first-order chi connectivity index (χ1) is 23.3. The third-order valence-electron chi connectivity index (χ3n) is 8.42. The van der Waals surface area contributed by atoms with E-state index in [9.17, 15) is 9.59 Å². The Morgan fingerprint density at radius 3 is 1.44 bits per heavy atom. The zero-order chi connectivity index (χ0) is 33.9. The monoisotopic (exact) mass is 642 g/mol. The number of anilines is 2. The van der Waals surface area contributed by atoms with E-state index in [-0.39, 0.29) is 25.0 Å². The number of benzene rings is 4. The summed E-state index contributed by atoms with van der Waals surface area (Å²) in [4.78, 5) is 34.3. The summed E-state index contributed by atoms with van der Waals surface area (Å²) < 4.78 is 11.7. The van der Waals surface area contributed by atoms with Crippen LogP contribution in [0.25, 0.3) is 22.5 Å². The van der Waals surface area contributed by atoms with E-state index in [0.717, 1.165) is 52.2 Å². The van der Waals surface area contributed by atoms with Gasteiger partial charge in [-0.25, -0.2) is 9.97 Å². The van der Waals surface area contributed by atoms with E-state index in [1.54, 1.807) is 12.4 Å². The summed E-state index contributed by atoms with van der Waals surface area (Å²) in [5, 5.41) is 5.78. The normalized spacial score (nSPS) is 12.1. The molecule has 0 saturated carbocycles. The minimum absolute atomic E-state index is 0.0696. The third kappa shape index (κ3) is 8.85. The zero-order valence-electron chi connectivity index (χ0n) is 27.9. The highest BCUT2D eigenvalue weighted by molar-refractivity contribution is 5.92. The van der Waals surface area contributed by atoms with Gasteiger partial charge in [-0.3, -0.25) is 9.59 Å². The van der Waals surface area contributed by atoms with Crippen molar-refractivity contribution in [2.45, 2.75) is 52.4 Å². The fourth-order valence-electron chi connectivity index (χ4n) is 5.23. The summed E-state index contributed by atoms with van der Waals surface area (Å²) in [6.07, 6.45) is 5.52. The van der Waals surface area contributed by atoms with Crippen molar-refractivity contribution in [3.63, 3.8) is 0 Å². The minimum Gasteiger partial charge on any atom is -0.483 e. The fraction of sp³-hybridized carbons (Fsp3) is 0.250. The predicted molar refractivity (Wildman–Crippen MR) is 191 cm³/mol. The Morgan fingerprint density at radius 1 is 0.583 bits per heavy atom. The predicted octanol–water partition coefficient (Wildman–Crippen LogP) is 8.87. The molecule has 0 spiro atoms. The molecule has 2 N–H and O–H groups in total. The van der Waals surface area contributed by atoms with Crippen LogP contribution in [-0.2, 0) is 9.59 Å². The number of nitrogens with zero attached hydrogens (tertiary/aromatic N) is 2. The number of ether oxygens (including phenoxy) is 2. The number of amides is 2. The fourth-order valence-corrected chi connectivity index (χ4v) is 5.23. The molecule has 8 nitrogen and oxygen atoms in total. The molecule has 5 rings (SSSR count). The maximum absolute atomic E-state index is 12.6. The molecular formula is C40H42N4O4. The van der Waals surface area contributed by atoms with Crippen molar-refractivity contribution in [2.24, 2.45) is 0 Å². The Bertz CT molecular complexity index is 1670. The second-order valence-corrected chi connectivity index (χ2v) is 11.8. The van der Waals surface area contributed by atoms with E-state index in [1.165, 1.54) is 0 Å². The number of rotatable bonds is 14. The van der Waals surface area contributed by atoms with Crippen molar-refractivity contribution in [3.8, 4) is 34.0 Å². The number of carbonyl (C=O) groups is 2. The first-order valence-corrected chi connectivity index (χ1v) is 16.4. The van der Waals surface area contributed by atoms with E-state index in [4.69, 9.17) is 9.47 Å². The lowest BCUT2D eigenvalue weighted by Crippen LogP contribution is -2.20. The van der Waals surface area contributed by atoms with Crippen molar-refractivity contribution in [2.75, 3.05) is 23.8 Å². The highest BCUT2D eigenvalue weighted by Gasteiger charge is 2.13. The number of para-hydroxylation sites is 2. The Kier molecular flexibility index (Phi) is 11.5. The number of hydrogen-bond acceptors (Lipinski definition) is 6. The van der Waals surface area contributed by atoms with Gasteiger partial charge in [0.25, 0.3) is 11.8 Å². The Hall–Kier alpha value is -5.50. The summed E-state index contributed by atoms with van der Waals surface area (Å²) in [7, 11) is 0. The molecule has 0 saturated heterocycles. The first-order valence-electron chi connectivity index (χ1n) is 16.4. The molecule has 8 heteroatoms. The van der Waals surface area contributed by atoms with Crippen molar-refractivity contribution < 1.29 is 19.1 Å². The summed E-state index contributed by atoms with van der Waals surface area (Å²) in [5.41, 5.74) is 6.14. The van der Waals surface area contributed by atoms with Crippen LogP contribution in [0.4, 0.5) is 11.4 Å². The molecule has 5 aromatic rings. The quantitative estimate of drug-likeness (QED) is 0.125. The molecule has 2 amide bonds. The maximum atomic E-state index is 12.6. The number of carbonyl (C=O) groups excluding carboxylic acids is 2. The van der Waals surface area contributed by atoms with Gasteiger partial charge in [-0.05, 0) is 89.9 Å². The molecule has 1 heterocycles. The van der Waals surface area contributed by atoms with Gasteiger partial charge >= 0.3 is 0 Å². The third-order valence-corrected chi connectivity index (χ3v) is 8.42. The largest absolute Gasteiger partial charge is 0.483 e. The second-order valence-electron chi connectivity index (χ2n) is 11.8. The molecule has 0 bridgehead atoms. The average Bonchev–Trinajstić information content (AvgIpc) is 3.13. The summed E-state index contributed by atoms with van der Waals surface area (Å²) >= 11 is 0. The van der Waals surface area contributed by atoms with E-state index in [0.29, 0.717) is 29.0 Å². The number of hydrogen-bond donors (Lipinski definition) is 2. The smallest absolute Gasteiger partial charge is 0.262 e. The zero-order valence-corrected chi connectivity index (χ0v) is 27.9. The van der Waals surface area contributed by atoms with Gasteiger partial charge in [-0.2, -0.15) is 0 Å². The van der Waals surface area contributed by atoms with Crippen molar-refractivity contribution in [1.29, 1.82) is 0 Å². The SMILES string of the molecule is CC[C@@H](C)c1ccccc1OCC(=O)Nc1ccc(-c2cnc(-c3ccc(NC(=O)COc4ccccc4[C@@H](C)CC)cc3)nc2)cc1. The Balaban J connectivity index is 1.12. The van der Waals surface area contributed by atoms with Gasteiger partial charge < -0.3 is 20.1 Å². The molecule has 4 aromatic carbocycles. The lowest BCUT2D eigenvalue weighted by atomic mass is 9.98. The standard InChI is InChI=1S/C40H42N4O4/c1-5-27(3)34-11-7-9-13-36(34)47-25-38(45)43-32-19-15-29(16-20-32)31-23-41-40(42-24-31)30-17-21-33(22-18-30)44-39(46)26-48-37-14-10-8-12-35(37)28(4)6-2/h7-24,27-28H,5-6,25-26H2,1-4H3,(H,43,45)(H,44,46)/t27-,28+/m1/s1. The molecule has 0 aliphatic rings. The van der Waals surface area contributed by atoms with Gasteiger partial charge in [0.05, 0.1) is 0 Å². The van der Waals surface area contributed by atoms with Crippen LogP contribution in [-0.4, -0.2) is 35.0 Å². The number of aromatic nitrogens is 2. The van der Waals surface area contributed by atoms with Crippen molar-refractivity contribution in [1.82, 2.24) is 9.97 Å². The molecule has 0 aliphatic carbocycles. The van der Waals surface area contributed by atoms with Gasteiger partial charge in [0.15, 0.2) is 19.0 Å². The topological polar surface area (TPSA) is 102 Å². The Morgan fingerprint density at radius 2 is 1.00 bits per heavy atom. The van der Waals surface area contributed by atoms with Gasteiger partial charge in [0.2, 0.25) is 0 Å². The molecular weight excluding hydrogens is 600 g/mol. The van der Waals surface area contributed by atoms with E-state index in [2.05, 4.69) is 48.3 Å². The van der Waals surface area contributed by atoms with Crippen LogP contribution in [0.15, 0.2) is 109 Å². The molecule has 0 aliphatic heterocycles. The first kappa shape index (κ1) is 33.9. The van der Waals surface area contributed by atoms with Crippen LogP contribution in [0.2, 0.25) is 0 Å². The lowest BCUT2D eigenvalue weighted by molar-refractivity contribution is -0.118. The van der Waals surface area contributed by atoms with E-state index in [1.807, 2.05) is 97.1 Å². The summed E-state index contributed by atoms with van der Waals surface area (Å²) in [6.45, 7) is 8.42. The highest BCUT2D eigenvalue weighted by atomic mass is 16.5. The Labute approximate surface area is 282 Å². The van der Waals surface area contributed by atoms with E-state index < -0.39 is 0 Å².